The fourth-order valence-electron chi connectivity index (χ4n) is 1.40. The van der Waals surface area contributed by atoms with Gasteiger partial charge in [0.1, 0.15) is 6.10 Å². The number of β-amino-alcohol motifs (C(OH)–C–C–N with tert-alkyl or cyclic N) is 3. The second-order valence-corrected chi connectivity index (χ2v) is 3.11. The van der Waals surface area contributed by atoms with Crippen molar-refractivity contribution in [1.29, 1.82) is 0 Å². The summed E-state index contributed by atoms with van der Waals surface area (Å²) in [5.74, 6) is 0. The molecule has 0 amide bonds. The van der Waals surface area contributed by atoms with Gasteiger partial charge in [-0.3, -0.25) is 4.90 Å². The van der Waals surface area contributed by atoms with Crippen LogP contribution in [0.15, 0.2) is 0 Å². The summed E-state index contributed by atoms with van der Waals surface area (Å²) in [6, 6.07) is 0. The van der Waals surface area contributed by atoms with Crippen LogP contribution >= 0.6 is 0 Å². The van der Waals surface area contributed by atoms with Crippen LogP contribution in [-0.2, 0) is 0 Å². The number of piperidine rings is 1. The van der Waals surface area contributed by atoms with Crippen LogP contribution in [-0.4, -0.2) is 69.9 Å². The molecule has 0 aromatic rings. The van der Waals surface area contributed by atoms with E-state index in [-0.39, 0.29) is 6.61 Å². The molecule has 0 aromatic heterocycles. The largest absolute Gasteiger partial charge is 0.395 e. The number of hydrogen-bond acceptors (Lipinski definition) is 5. The van der Waals surface area contributed by atoms with Gasteiger partial charge < -0.3 is 20.4 Å². The van der Waals surface area contributed by atoms with Crippen molar-refractivity contribution in [1.82, 2.24) is 4.90 Å². The maximum Gasteiger partial charge on any atom is 0.108 e. The molecule has 5 nitrogen and oxygen atoms in total. The standard InChI is InChI=1S/C7H15NO4/c9-2-1-8-3-5(10)7(12)6(11)4-8/h5-7,9-12H,1-4H2/t5-,6+,7+. The summed E-state index contributed by atoms with van der Waals surface area (Å²) in [7, 11) is 0. The summed E-state index contributed by atoms with van der Waals surface area (Å²) in [5.41, 5.74) is 0. The van der Waals surface area contributed by atoms with Gasteiger partial charge in [-0.2, -0.15) is 0 Å². The van der Waals surface area contributed by atoms with Crippen molar-refractivity contribution in [2.24, 2.45) is 0 Å². The van der Waals surface area contributed by atoms with Gasteiger partial charge in [-0.15, -0.1) is 0 Å². The van der Waals surface area contributed by atoms with E-state index in [1.807, 2.05) is 0 Å². The SMILES string of the molecule is OCCN1C[C@@H](O)[C@H](O)[C@@H](O)C1. The van der Waals surface area contributed by atoms with Gasteiger partial charge >= 0.3 is 0 Å². The average Bonchev–Trinajstić information content (AvgIpc) is 2.01. The molecule has 0 unspecified atom stereocenters. The molecule has 72 valence electrons. The molecule has 1 fully saturated rings. The molecule has 1 heterocycles. The summed E-state index contributed by atoms with van der Waals surface area (Å²) in [6.07, 6.45) is -2.89. The van der Waals surface area contributed by atoms with Crippen LogP contribution in [0.25, 0.3) is 0 Å². The monoisotopic (exact) mass is 177 g/mol. The molecule has 1 aliphatic rings. The maximum absolute atomic E-state index is 9.21. The van der Waals surface area contributed by atoms with Crippen LogP contribution in [0.1, 0.15) is 0 Å². The molecule has 0 radical (unpaired) electrons. The molecule has 1 saturated heterocycles. The van der Waals surface area contributed by atoms with E-state index in [0.717, 1.165) is 0 Å². The lowest BCUT2D eigenvalue weighted by molar-refractivity contribution is -0.111. The Bertz CT molecular complexity index is 131. The molecule has 0 bridgehead atoms. The topological polar surface area (TPSA) is 84.2 Å². The first-order valence-corrected chi connectivity index (χ1v) is 4.02. The smallest absolute Gasteiger partial charge is 0.108 e. The molecule has 0 spiro atoms. The van der Waals surface area contributed by atoms with Gasteiger partial charge in [0.2, 0.25) is 0 Å². The van der Waals surface area contributed by atoms with E-state index in [1.54, 1.807) is 4.90 Å². The summed E-state index contributed by atoms with van der Waals surface area (Å²) < 4.78 is 0. The highest BCUT2D eigenvalue weighted by molar-refractivity contribution is 4.85. The number of nitrogens with zero attached hydrogens (tertiary/aromatic N) is 1. The van der Waals surface area contributed by atoms with Crippen molar-refractivity contribution < 1.29 is 20.4 Å². The highest BCUT2D eigenvalue weighted by Crippen LogP contribution is 2.10. The van der Waals surface area contributed by atoms with Crippen molar-refractivity contribution in [3.63, 3.8) is 0 Å². The van der Waals surface area contributed by atoms with Crippen LogP contribution in [0.2, 0.25) is 0 Å². The lowest BCUT2D eigenvalue weighted by Gasteiger charge is -2.36. The number of hydrogen-bond donors (Lipinski definition) is 4. The quantitative estimate of drug-likeness (QED) is 0.371. The van der Waals surface area contributed by atoms with Gasteiger partial charge in [-0.05, 0) is 0 Å². The van der Waals surface area contributed by atoms with Gasteiger partial charge in [0.05, 0.1) is 18.8 Å². The third-order valence-electron chi connectivity index (χ3n) is 2.10. The van der Waals surface area contributed by atoms with Crippen molar-refractivity contribution in [2.45, 2.75) is 18.3 Å². The zero-order valence-corrected chi connectivity index (χ0v) is 6.80. The van der Waals surface area contributed by atoms with Gasteiger partial charge in [-0.1, -0.05) is 0 Å². The highest BCUT2D eigenvalue weighted by atomic mass is 16.4. The minimum Gasteiger partial charge on any atom is -0.395 e. The predicted molar refractivity (Wildman–Crippen MR) is 41.5 cm³/mol. The highest BCUT2D eigenvalue weighted by Gasteiger charge is 2.32. The second-order valence-electron chi connectivity index (χ2n) is 3.11. The third-order valence-corrected chi connectivity index (χ3v) is 2.10. The van der Waals surface area contributed by atoms with E-state index < -0.39 is 18.3 Å². The fraction of sp³-hybridized carbons (Fsp3) is 1.00. The number of rotatable bonds is 2. The molecule has 0 saturated carbocycles. The number of aliphatic hydroxyl groups is 4. The van der Waals surface area contributed by atoms with Crippen LogP contribution in [0.4, 0.5) is 0 Å². The number of aliphatic hydroxyl groups excluding tert-OH is 4. The van der Waals surface area contributed by atoms with Crippen molar-refractivity contribution in [3.05, 3.63) is 0 Å². The number of likely N-dealkylation sites (tertiary alicyclic amines) is 1. The Labute approximate surface area is 70.9 Å². The average molecular weight is 177 g/mol. The zero-order valence-electron chi connectivity index (χ0n) is 6.80. The Morgan fingerprint density at radius 3 is 2.00 bits per heavy atom. The first kappa shape index (κ1) is 9.88. The Kier molecular flexibility index (Phi) is 3.42. The molecular formula is C7H15NO4. The fourth-order valence-corrected chi connectivity index (χ4v) is 1.40. The van der Waals surface area contributed by atoms with Crippen LogP contribution in [0.3, 0.4) is 0 Å². The Morgan fingerprint density at radius 1 is 1.08 bits per heavy atom. The van der Waals surface area contributed by atoms with Crippen LogP contribution < -0.4 is 0 Å². The molecule has 3 atom stereocenters. The predicted octanol–water partition coefficient (Wildman–Crippen LogP) is -2.62. The lowest BCUT2D eigenvalue weighted by Crippen LogP contribution is -2.55. The first-order valence-electron chi connectivity index (χ1n) is 4.02. The Hall–Kier alpha value is -0.200. The Balaban J connectivity index is 2.42. The molecule has 1 aliphatic heterocycles. The van der Waals surface area contributed by atoms with Crippen molar-refractivity contribution in [3.8, 4) is 0 Å². The Morgan fingerprint density at radius 2 is 1.58 bits per heavy atom. The zero-order chi connectivity index (χ0) is 9.14. The molecule has 12 heavy (non-hydrogen) atoms. The summed E-state index contributed by atoms with van der Waals surface area (Å²) in [6.45, 7) is 1.02. The van der Waals surface area contributed by atoms with Gasteiger partial charge in [0.15, 0.2) is 0 Å². The van der Waals surface area contributed by atoms with Gasteiger partial charge in [-0.25, -0.2) is 0 Å². The second kappa shape index (κ2) is 4.15. The molecule has 0 aliphatic carbocycles. The van der Waals surface area contributed by atoms with Gasteiger partial charge in [0, 0.05) is 19.6 Å². The van der Waals surface area contributed by atoms with E-state index in [1.165, 1.54) is 0 Å². The van der Waals surface area contributed by atoms with Crippen LogP contribution in [0, 0.1) is 0 Å². The van der Waals surface area contributed by atoms with E-state index in [2.05, 4.69) is 0 Å². The van der Waals surface area contributed by atoms with E-state index in [9.17, 15) is 10.2 Å². The molecule has 4 N–H and O–H groups in total. The third kappa shape index (κ3) is 2.15. The van der Waals surface area contributed by atoms with E-state index in [4.69, 9.17) is 10.2 Å². The maximum atomic E-state index is 9.21. The molecule has 1 rings (SSSR count). The lowest BCUT2D eigenvalue weighted by atomic mass is 10.0. The van der Waals surface area contributed by atoms with Gasteiger partial charge in [0.25, 0.3) is 0 Å². The van der Waals surface area contributed by atoms with Crippen molar-refractivity contribution >= 4 is 0 Å². The first-order chi connectivity index (χ1) is 5.65. The van der Waals surface area contributed by atoms with E-state index in [0.29, 0.717) is 19.6 Å². The van der Waals surface area contributed by atoms with Crippen molar-refractivity contribution in [2.75, 3.05) is 26.2 Å². The van der Waals surface area contributed by atoms with Crippen LogP contribution in [0.5, 0.6) is 0 Å². The summed E-state index contributed by atoms with van der Waals surface area (Å²) in [4.78, 5) is 1.71. The minimum absolute atomic E-state index is 0.00443. The molecular weight excluding hydrogens is 162 g/mol. The molecule has 0 aromatic carbocycles. The summed E-state index contributed by atoms with van der Waals surface area (Å²) >= 11 is 0. The van der Waals surface area contributed by atoms with E-state index >= 15 is 0 Å². The molecule has 5 heteroatoms. The summed E-state index contributed by atoms with van der Waals surface area (Å²) in [5, 5.41) is 36.2. The minimum atomic E-state index is -1.06. The normalized spacial score (nSPS) is 38.5.